The van der Waals surface area contributed by atoms with Crippen molar-refractivity contribution in [3.63, 3.8) is 0 Å². The number of nitrogens with zero attached hydrogens (tertiary/aromatic N) is 4. The topological polar surface area (TPSA) is 75.6 Å². The van der Waals surface area contributed by atoms with Crippen LogP contribution in [0.5, 0.6) is 0 Å². The van der Waals surface area contributed by atoms with Gasteiger partial charge in [0.1, 0.15) is 11.5 Å². The predicted molar refractivity (Wildman–Crippen MR) is 95.6 cm³/mol. The van der Waals surface area contributed by atoms with Crippen molar-refractivity contribution < 1.29 is 14.3 Å². The number of hydrogen-bond acceptors (Lipinski definition) is 6. The first-order valence-corrected chi connectivity index (χ1v) is 8.58. The molecule has 1 amide bonds. The third-order valence-corrected chi connectivity index (χ3v) is 4.48. The fourth-order valence-electron chi connectivity index (χ4n) is 2.62. The minimum absolute atomic E-state index is 0.0904. The smallest absolute Gasteiger partial charge is 0.356 e. The summed E-state index contributed by atoms with van der Waals surface area (Å²) in [6.45, 7) is 2.65. The van der Waals surface area contributed by atoms with Gasteiger partial charge in [-0.15, -0.1) is 0 Å². The van der Waals surface area contributed by atoms with E-state index in [0.717, 1.165) is 10.3 Å². The van der Waals surface area contributed by atoms with Gasteiger partial charge in [-0.3, -0.25) is 4.79 Å². The van der Waals surface area contributed by atoms with Gasteiger partial charge in [-0.05, 0) is 40.2 Å². The molecule has 0 aromatic carbocycles. The summed E-state index contributed by atoms with van der Waals surface area (Å²) in [6, 6.07) is 7.01. The number of amides is 1. The molecule has 25 heavy (non-hydrogen) atoms. The van der Waals surface area contributed by atoms with Gasteiger partial charge >= 0.3 is 5.97 Å². The quantitative estimate of drug-likeness (QED) is 0.728. The number of carbonyl (C=O) groups is 2. The first-order chi connectivity index (χ1) is 12.1. The van der Waals surface area contributed by atoms with Crippen molar-refractivity contribution >= 4 is 33.6 Å². The van der Waals surface area contributed by atoms with Gasteiger partial charge < -0.3 is 14.5 Å². The molecular weight excluding hydrogens is 388 g/mol. The summed E-state index contributed by atoms with van der Waals surface area (Å²) in [5, 5.41) is 0. The number of carbonyl (C=O) groups excluding carboxylic acids is 2. The molecule has 1 aliphatic heterocycles. The molecule has 0 saturated carbocycles. The molecule has 3 heterocycles. The second-order valence-corrected chi connectivity index (χ2v) is 6.45. The van der Waals surface area contributed by atoms with Gasteiger partial charge in [-0.2, -0.15) is 0 Å². The van der Waals surface area contributed by atoms with Crippen LogP contribution in [0.3, 0.4) is 0 Å². The van der Waals surface area contributed by atoms with Crippen LogP contribution in [-0.2, 0) is 4.74 Å². The van der Waals surface area contributed by atoms with E-state index in [-0.39, 0.29) is 11.6 Å². The number of hydrogen-bond donors (Lipinski definition) is 0. The molecule has 1 saturated heterocycles. The lowest BCUT2D eigenvalue weighted by Crippen LogP contribution is -2.49. The van der Waals surface area contributed by atoms with Crippen LogP contribution in [0.4, 0.5) is 5.82 Å². The summed E-state index contributed by atoms with van der Waals surface area (Å²) >= 11 is 3.37. The summed E-state index contributed by atoms with van der Waals surface area (Å²) in [5.41, 5.74) is 0.646. The van der Waals surface area contributed by atoms with Gasteiger partial charge in [-0.25, -0.2) is 14.8 Å². The van der Waals surface area contributed by atoms with Crippen LogP contribution in [-0.4, -0.2) is 60.0 Å². The van der Waals surface area contributed by atoms with E-state index in [4.69, 9.17) is 0 Å². The van der Waals surface area contributed by atoms with Crippen molar-refractivity contribution in [3.8, 4) is 0 Å². The third-order valence-electron chi connectivity index (χ3n) is 4.01. The molecular formula is C17H17BrN4O3. The minimum atomic E-state index is -0.519. The lowest BCUT2D eigenvalue weighted by atomic mass is 10.2. The monoisotopic (exact) mass is 404 g/mol. The Morgan fingerprint density at radius 1 is 1.04 bits per heavy atom. The molecule has 0 radical (unpaired) electrons. The highest BCUT2D eigenvalue weighted by molar-refractivity contribution is 9.10. The maximum absolute atomic E-state index is 12.6. The Kier molecular flexibility index (Phi) is 5.28. The maximum Gasteiger partial charge on any atom is 0.356 e. The number of methoxy groups -OCH3 is 1. The molecule has 8 heteroatoms. The van der Waals surface area contributed by atoms with Crippen molar-refractivity contribution in [2.75, 3.05) is 38.2 Å². The van der Waals surface area contributed by atoms with Crippen molar-refractivity contribution in [2.45, 2.75) is 0 Å². The first kappa shape index (κ1) is 17.3. The van der Waals surface area contributed by atoms with Gasteiger partial charge in [0, 0.05) is 43.0 Å². The number of halogens is 1. The number of esters is 1. The van der Waals surface area contributed by atoms with Gasteiger partial charge in [0.15, 0.2) is 0 Å². The van der Waals surface area contributed by atoms with E-state index in [1.807, 2.05) is 12.1 Å². The average molecular weight is 405 g/mol. The summed E-state index contributed by atoms with van der Waals surface area (Å²) in [4.78, 5) is 36.3. The fourth-order valence-corrected chi connectivity index (χ4v) is 2.86. The lowest BCUT2D eigenvalue weighted by Gasteiger charge is -2.35. The Hall–Kier alpha value is -2.48. The molecule has 0 unspecified atom stereocenters. The summed E-state index contributed by atoms with van der Waals surface area (Å²) in [6.07, 6.45) is 3.18. The van der Waals surface area contributed by atoms with Crippen LogP contribution in [0.2, 0.25) is 0 Å². The van der Waals surface area contributed by atoms with Gasteiger partial charge in [-0.1, -0.05) is 0 Å². The molecule has 2 aromatic heterocycles. The second-order valence-electron chi connectivity index (χ2n) is 5.54. The molecule has 7 nitrogen and oxygen atoms in total. The summed E-state index contributed by atoms with van der Waals surface area (Å²) < 4.78 is 5.54. The Balaban J connectivity index is 1.61. The lowest BCUT2D eigenvalue weighted by molar-refractivity contribution is 0.0592. The Morgan fingerprint density at radius 3 is 2.36 bits per heavy atom. The van der Waals surface area contributed by atoms with E-state index in [9.17, 15) is 9.59 Å². The zero-order chi connectivity index (χ0) is 17.8. The molecule has 2 aromatic rings. The molecule has 1 aliphatic rings. The van der Waals surface area contributed by atoms with E-state index in [1.54, 1.807) is 17.2 Å². The van der Waals surface area contributed by atoms with E-state index in [2.05, 4.69) is 35.5 Å². The first-order valence-electron chi connectivity index (χ1n) is 7.78. The van der Waals surface area contributed by atoms with Crippen molar-refractivity contribution in [1.82, 2.24) is 14.9 Å². The molecule has 3 rings (SSSR count). The zero-order valence-corrected chi connectivity index (χ0v) is 15.3. The van der Waals surface area contributed by atoms with E-state index in [1.165, 1.54) is 19.4 Å². The van der Waals surface area contributed by atoms with Crippen molar-refractivity contribution in [2.24, 2.45) is 0 Å². The number of rotatable bonds is 3. The standard InChI is InChI=1S/C17H17BrN4O3/c1-25-17(24)14-4-2-12(10-19-14)16(23)22-8-6-21(7-9-22)15-5-3-13(18)11-20-15/h2-5,10-11H,6-9H2,1H3. The van der Waals surface area contributed by atoms with Crippen molar-refractivity contribution in [1.29, 1.82) is 0 Å². The van der Waals surface area contributed by atoms with E-state index < -0.39 is 5.97 Å². The van der Waals surface area contributed by atoms with Gasteiger partial charge in [0.2, 0.25) is 0 Å². The SMILES string of the molecule is COC(=O)c1ccc(C(=O)N2CCN(c3ccc(Br)cn3)CC2)cn1. The largest absolute Gasteiger partial charge is 0.464 e. The van der Waals surface area contributed by atoms with Crippen LogP contribution in [0.1, 0.15) is 20.8 Å². The Labute approximate surface area is 153 Å². The van der Waals surface area contributed by atoms with Gasteiger partial charge in [0.05, 0.1) is 12.7 Å². The third kappa shape index (κ3) is 3.96. The van der Waals surface area contributed by atoms with Crippen molar-refractivity contribution in [3.05, 3.63) is 52.4 Å². The average Bonchev–Trinajstić information content (AvgIpc) is 2.67. The Bertz CT molecular complexity index is 756. The molecule has 130 valence electrons. The number of piperazine rings is 1. The van der Waals surface area contributed by atoms with Crippen LogP contribution < -0.4 is 4.90 Å². The molecule has 0 aliphatic carbocycles. The predicted octanol–water partition coefficient (Wildman–Crippen LogP) is 1.99. The maximum atomic E-state index is 12.6. The fraction of sp³-hybridized carbons (Fsp3) is 0.294. The van der Waals surface area contributed by atoms with Crippen LogP contribution >= 0.6 is 15.9 Å². The number of ether oxygens (including phenoxy) is 1. The second kappa shape index (κ2) is 7.60. The summed E-state index contributed by atoms with van der Waals surface area (Å²) in [7, 11) is 1.29. The van der Waals surface area contributed by atoms with Gasteiger partial charge in [0.25, 0.3) is 5.91 Å². The van der Waals surface area contributed by atoms with E-state index in [0.29, 0.717) is 31.7 Å². The highest BCUT2D eigenvalue weighted by Gasteiger charge is 2.23. The minimum Gasteiger partial charge on any atom is -0.464 e. The van der Waals surface area contributed by atoms with Crippen LogP contribution in [0.15, 0.2) is 41.1 Å². The number of aromatic nitrogens is 2. The highest BCUT2D eigenvalue weighted by atomic mass is 79.9. The van der Waals surface area contributed by atoms with Crippen LogP contribution in [0, 0.1) is 0 Å². The molecule has 1 fully saturated rings. The molecule has 0 bridgehead atoms. The number of pyridine rings is 2. The Morgan fingerprint density at radius 2 is 1.80 bits per heavy atom. The normalized spacial score (nSPS) is 14.3. The van der Waals surface area contributed by atoms with E-state index >= 15 is 0 Å². The number of anilines is 1. The highest BCUT2D eigenvalue weighted by Crippen LogP contribution is 2.17. The zero-order valence-electron chi connectivity index (χ0n) is 13.7. The van der Waals surface area contributed by atoms with Crippen LogP contribution in [0.25, 0.3) is 0 Å². The molecule has 0 N–H and O–H groups in total. The molecule has 0 spiro atoms. The molecule has 0 atom stereocenters. The summed E-state index contributed by atoms with van der Waals surface area (Å²) in [5.74, 6) is 0.293.